The Morgan fingerprint density at radius 2 is 1.17 bits per heavy atom. The van der Waals surface area contributed by atoms with Crippen LogP contribution in [0.15, 0.2) is 48.8 Å². The highest BCUT2D eigenvalue weighted by molar-refractivity contribution is 6.32. The van der Waals surface area contributed by atoms with Gasteiger partial charge in [-0.3, -0.25) is 4.79 Å². The Balaban J connectivity index is 1.95. The molecule has 0 spiro atoms. The molecular weight excluding hydrogens is 419 g/mol. The summed E-state index contributed by atoms with van der Waals surface area (Å²) in [5.41, 5.74) is 19.0. The van der Waals surface area contributed by atoms with Gasteiger partial charge in [0.2, 0.25) is 0 Å². The van der Waals surface area contributed by atoms with E-state index in [1.807, 2.05) is 13.8 Å². The summed E-state index contributed by atoms with van der Waals surface area (Å²) in [5.74, 6) is -0.173. The van der Waals surface area contributed by atoms with Gasteiger partial charge in [0.25, 0.3) is 0 Å². The zero-order valence-electron chi connectivity index (χ0n) is 16.4. The van der Waals surface area contributed by atoms with Crippen LogP contribution >= 0.6 is 23.2 Å². The van der Waals surface area contributed by atoms with Gasteiger partial charge >= 0.3 is 0 Å². The van der Waals surface area contributed by atoms with E-state index < -0.39 is 0 Å². The highest BCUT2D eigenvalue weighted by Crippen LogP contribution is 2.38. The molecule has 4 aromatic rings. The molecule has 30 heavy (non-hydrogen) atoms. The summed E-state index contributed by atoms with van der Waals surface area (Å²) in [6, 6.07) is 10.3. The molecule has 0 atom stereocenters. The number of hydrogen-bond acceptors (Lipinski definition) is 3. The summed E-state index contributed by atoms with van der Waals surface area (Å²) in [6.45, 7) is 3.80. The number of nitrogen functional groups attached to an aromatic ring is 2. The minimum atomic E-state index is -0.173. The van der Waals surface area contributed by atoms with E-state index in [9.17, 15) is 4.79 Å². The van der Waals surface area contributed by atoms with Crippen LogP contribution in [0.5, 0.6) is 0 Å². The van der Waals surface area contributed by atoms with E-state index in [1.54, 1.807) is 48.8 Å². The molecular formula is C23H20Cl2N4O. The number of H-pyrrole nitrogens is 2. The minimum Gasteiger partial charge on any atom is -0.397 e. The number of carbonyl (C=O) groups is 1. The van der Waals surface area contributed by atoms with Gasteiger partial charge in [0, 0.05) is 56.1 Å². The first kappa shape index (κ1) is 20.1. The molecule has 0 saturated carbocycles. The molecule has 0 fully saturated rings. The molecule has 0 aliphatic rings. The number of rotatable bonds is 4. The first-order chi connectivity index (χ1) is 14.3. The van der Waals surface area contributed by atoms with Crippen LogP contribution in [0.3, 0.4) is 0 Å². The summed E-state index contributed by atoms with van der Waals surface area (Å²) in [4.78, 5) is 20.0. The summed E-state index contributed by atoms with van der Waals surface area (Å²) in [6.07, 6.45) is 3.41. The number of ketones is 1. The molecule has 0 saturated heterocycles. The third-order valence-corrected chi connectivity index (χ3v) is 5.68. The number of carbonyl (C=O) groups excluding carboxylic acids is 1. The monoisotopic (exact) mass is 438 g/mol. The number of aromatic nitrogens is 2. The van der Waals surface area contributed by atoms with Gasteiger partial charge in [0.15, 0.2) is 5.78 Å². The van der Waals surface area contributed by atoms with Crippen molar-refractivity contribution in [2.75, 3.05) is 11.5 Å². The van der Waals surface area contributed by atoms with Crippen LogP contribution in [0.25, 0.3) is 22.3 Å². The van der Waals surface area contributed by atoms with Crippen LogP contribution in [0.1, 0.15) is 27.3 Å². The average molecular weight is 439 g/mol. The Morgan fingerprint density at radius 3 is 1.50 bits per heavy atom. The minimum absolute atomic E-state index is 0.173. The van der Waals surface area contributed by atoms with Gasteiger partial charge in [-0.2, -0.15) is 0 Å². The van der Waals surface area contributed by atoms with Crippen LogP contribution in [0, 0.1) is 13.8 Å². The van der Waals surface area contributed by atoms with Crippen molar-refractivity contribution in [1.82, 2.24) is 9.97 Å². The van der Waals surface area contributed by atoms with Crippen molar-refractivity contribution < 1.29 is 4.79 Å². The summed E-state index contributed by atoms with van der Waals surface area (Å²) in [7, 11) is 0. The maximum absolute atomic E-state index is 13.8. The van der Waals surface area contributed by atoms with Crippen LogP contribution in [-0.4, -0.2) is 15.8 Å². The molecule has 0 bridgehead atoms. The third-order valence-electron chi connectivity index (χ3n) is 5.21. The second-order valence-corrected chi connectivity index (χ2v) is 8.07. The predicted octanol–water partition coefficient (Wildman–Crippen LogP) is 6.00. The SMILES string of the molecule is Cc1[nH]cc(N)c1-c1cc(Cl)ccc1C(=O)c1ccc(Cl)cc1-c1c(N)c[nH]c1C. The Labute approximate surface area is 184 Å². The van der Waals surface area contributed by atoms with Gasteiger partial charge in [-0.05, 0) is 61.4 Å². The number of hydrogen-bond donors (Lipinski definition) is 4. The number of aryl methyl sites for hydroxylation is 2. The van der Waals surface area contributed by atoms with Crippen molar-refractivity contribution in [3.05, 3.63) is 81.4 Å². The second-order valence-electron chi connectivity index (χ2n) is 7.20. The Hall–Kier alpha value is -3.15. The van der Waals surface area contributed by atoms with Crippen molar-refractivity contribution in [3.8, 4) is 22.3 Å². The van der Waals surface area contributed by atoms with Crippen LogP contribution in [0.2, 0.25) is 10.0 Å². The molecule has 152 valence electrons. The van der Waals surface area contributed by atoms with E-state index in [1.165, 1.54) is 0 Å². The fourth-order valence-electron chi connectivity index (χ4n) is 3.80. The number of aromatic amines is 2. The van der Waals surface area contributed by atoms with Crippen molar-refractivity contribution in [3.63, 3.8) is 0 Å². The predicted molar refractivity (Wildman–Crippen MR) is 124 cm³/mol. The first-order valence-corrected chi connectivity index (χ1v) is 10.0. The van der Waals surface area contributed by atoms with Gasteiger partial charge in [-0.1, -0.05) is 23.2 Å². The number of benzene rings is 2. The fraction of sp³-hybridized carbons (Fsp3) is 0.0870. The number of nitrogens with one attached hydrogen (secondary N) is 2. The molecule has 2 aromatic carbocycles. The Bertz CT molecular complexity index is 1150. The van der Waals surface area contributed by atoms with Crippen LogP contribution in [-0.2, 0) is 0 Å². The molecule has 0 amide bonds. The lowest BCUT2D eigenvalue weighted by molar-refractivity contribution is 0.104. The zero-order chi connectivity index (χ0) is 21.6. The fourth-order valence-corrected chi connectivity index (χ4v) is 4.14. The second kappa shape index (κ2) is 7.59. The highest BCUT2D eigenvalue weighted by atomic mass is 35.5. The van der Waals surface area contributed by atoms with Crippen molar-refractivity contribution in [1.29, 1.82) is 0 Å². The number of halogens is 2. The maximum atomic E-state index is 13.8. The molecule has 5 nitrogen and oxygen atoms in total. The van der Waals surface area contributed by atoms with Gasteiger partial charge in [0.05, 0.1) is 11.4 Å². The van der Waals surface area contributed by atoms with Crippen molar-refractivity contribution >= 4 is 40.4 Å². The van der Waals surface area contributed by atoms with Crippen LogP contribution in [0.4, 0.5) is 11.4 Å². The lowest BCUT2D eigenvalue weighted by Gasteiger charge is -2.14. The van der Waals surface area contributed by atoms with Gasteiger partial charge in [-0.25, -0.2) is 0 Å². The van der Waals surface area contributed by atoms with E-state index >= 15 is 0 Å². The van der Waals surface area contributed by atoms with E-state index in [-0.39, 0.29) is 5.78 Å². The molecule has 0 unspecified atom stereocenters. The van der Waals surface area contributed by atoms with Gasteiger partial charge in [-0.15, -0.1) is 0 Å². The lowest BCUT2D eigenvalue weighted by atomic mass is 9.89. The molecule has 2 aromatic heterocycles. The molecule has 0 radical (unpaired) electrons. The topological polar surface area (TPSA) is 101 Å². The van der Waals surface area contributed by atoms with Crippen LogP contribution < -0.4 is 11.5 Å². The summed E-state index contributed by atoms with van der Waals surface area (Å²) >= 11 is 12.5. The normalized spacial score (nSPS) is 11.1. The molecule has 6 N–H and O–H groups in total. The zero-order valence-corrected chi connectivity index (χ0v) is 17.9. The lowest BCUT2D eigenvalue weighted by Crippen LogP contribution is -2.07. The summed E-state index contributed by atoms with van der Waals surface area (Å²) in [5, 5.41) is 1.03. The average Bonchev–Trinajstić information content (AvgIpc) is 3.21. The van der Waals surface area contributed by atoms with E-state index in [0.29, 0.717) is 43.7 Å². The smallest absolute Gasteiger partial charge is 0.194 e. The number of nitrogens with two attached hydrogens (primary N) is 2. The molecule has 2 heterocycles. The highest BCUT2D eigenvalue weighted by Gasteiger charge is 2.23. The molecule has 4 rings (SSSR count). The third kappa shape index (κ3) is 3.36. The largest absolute Gasteiger partial charge is 0.397 e. The van der Waals surface area contributed by atoms with Crippen molar-refractivity contribution in [2.24, 2.45) is 0 Å². The van der Waals surface area contributed by atoms with Crippen molar-refractivity contribution in [2.45, 2.75) is 13.8 Å². The van der Waals surface area contributed by atoms with E-state index in [4.69, 9.17) is 34.7 Å². The summed E-state index contributed by atoms with van der Waals surface area (Å²) < 4.78 is 0. The van der Waals surface area contributed by atoms with E-state index in [2.05, 4.69) is 9.97 Å². The first-order valence-electron chi connectivity index (χ1n) is 9.29. The van der Waals surface area contributed by atoms with Gasteiger partial charge in [0.1, 0.15) is 0 Å². The maximum Gasteiger partial charge on any atom is 0.194 e. The Kier molecular flexibility index (Phi) is 5.10. The molecule has 7 heteroatoms. The quantitative estimate of drug-likeness (QED) is 0.294. The standard InChI is InChI=1S/C23H20Cl2N4O/c1-11-21(19(26)9-28-11)17-7-13(24)3-5-15(17)23(30)16-6-4-14(25)8-18(16)22-12(2)29-10-20(22)27/h3-10,28-29H,26-27H2,1-2H3. The number of anilines is 2. The van der Waals surface area contributed by atoms with Gasteiger partial charge < -0.3 is 21.4 Å². The van der Waals surface area contributed by atoms with E-state index in [0.717, 1.165) is 22.5 Å². The molecule has 0 aliphatic carbocycles. The Morgan fingerprint density at radius 1 is 0.767 bits per heavy atom. The molecule has 0 aliphatic heterocycles.